The average Bonchev–Trinajstić information content (AvgIpc) is 2.37. The summed E-state index contributed by atoms with van der Waals surface area (Å²) in [5, 5.41) is 0. The standard InChI is InChI=1S/C9H24N4O4/c10-1-5-14-9(15-6-2-11,16-7-3-12)17-8-4-13/h1-8,10-13H2. The van der Waals surface area contributed by atoms with E-state index >= 15 is 0 Å². The topological polar surface area (TPSA) is 141 Å². The molecule has 8 heteroatoms. The zero-order chi connectivity index (χ0) is 13.0. The first kappa shape index (κ1) is 16.7. The maximum atomic E-state index is 5.36. The van der Waals surface area contributed by atoms with Crippen LogP contribution in [0.25, 0.3) is 0 Å². The van der Waals surface area contributed by atoms with Crippen LogP contribution in [0.15, 0.2) is 0 Å². The minimum Gasteiger partial charge on any atom is -0.328 e. The van der Waals surface area contributed by atoms with Crippen LogP contribution in [0.3, 0.4) is 0 Å². The number of hydrogen-bond acceptors (Lipinski definition) is 8. The second kappa shape index (κ2) is 10.8. The fourth-order valence-corrected chi connectivity index (χ4v) is 0.986. The first-order valence-corrected chi connectivity index (χ1v) is 5.60. The van der Waals surface area contributed by atoms with E-state index in [-0.39, 0.29) is 26.4 Å². The van der Waals surface area contributed by atoms with E-state index in [0.717, 1.165) is 0 Å². The highest BCUT2D eigenvalue weighted by Crippen LogP contribution is 2.17. The van der Waals surface area contributed by atoms with Crippen LogP contribution in [-0.4, -0.2) is 58.8 Å². The van der Waals surface area contributed by atoms with Gasteiger partial charge in [-0.2, -0.15) is 0 Å². The van der Waals surface area contributed by atoms with Gasteiger partial charge in [0.05, 0.1) is 26.4 Å². The molecule has 0 radical (unpaired) electrons. The predicted octanol–water partition coefficient (Wildman–Crippen LogP) is -2.50. The van der Waals surface area contributed by atoms with E-state index in [1.807, 2.05) is 0 Å². The molecule has 0 saturated heterocycles. The minimum atomic E-state index is -1.61. The van der Waals surface area contributed by atoms with Crippen molar-refractivity contribution in [1.29, 1.82) is 0 Å². The molecular formula is C9H24N4O4. The molecule has 0 aliphatic heterocycles. The van der Waals surface area contributed by atoms with E-state index in [9.17, 15) is 0 Å². The summed E-state index contributed by atoms with van der Waals surface area (Å²) in [5.41, 5.74) is 21.4. The molecule has 0 bridgehead atoms. The zero-order valence-corrected chi connectivity index (χ0v) is 10.1. The van der Waals surface area contributed by atoms with E-state index in [2.05, 4.69) is 0 Å². The number of nitrogens with two attached hydrogens (primary N) is 4. The van der Waals surface area contributed by atoms with Crippen LogP contribution in [0.4, 0.5) is 0 Å². The van der Waals surface area contributed by atoms with Crippen molar-refractivity contribution in [3.63, 3.8) is 0 Å². The first-order chi connectivity index (χ1) is 8.24. The molecule has 0 aromatic carbocycles. The largest absolute Gasteiger partial charge is 0.412 e. The van der Waals surface area contributed by atoms with E-state index in [0.29, 0.717) is 26.2 Å². The van der Waals surface area contributed by atoms with Gasteiger partial charge in [-0.1, -0.05) is 0 Å². The number of rotatable bonds is 12. The average molecular weight is 252 g/mol. The molecule has 0 atom stereocenters. The molecule has 0 aromatic rings. The first-order valence-electron chi connectivity index (χ1n) is 5.60. The van der Waals surface area contributed by atoms with E-state index < -0.39 is 6.16 Å². The van der Waals surface area contributed by atoms with Crippen molar-refractivity contribution in [3.8, 4) is 0 Å². The molecule has 104 valence electrons. The lowest BCUT2D eigenvalue weighted by Gasteiger charge is -2.31. The van der Waals surface area contributed by atoms with Crippen molar-refractivity contribution >= 4 is 0 Å². The van der Waals surface area contributed by atoms with Crippen LogP contribution < -0.4 is 22.9 Å². The summed E-state index contributed by atoms with van der Waals surface area (Å²) in [6, 6.07) is 0. The van der Waals surface area contributed by atoms with Crippen LogP contribution >= 0.6 is 0 Å². The Labute approximate surface area is 101 Å². The Morgan fingerprint density at radius 2 is 0.765 bits per heavy atom. The molecule has 8 nitrogen and oxygen atoms in total. The Balaban J connectivity index is 4.39. The molecule has 0 unspecified atom stereocenters. The Morgan fingerprint density at radius 1 is 0.529 bits per heavy atom. The summed E-state index contributed by atoms with van der Waals surface area (Å²) in [5.74, 6) is 0. The van der Waals surface area contributed by atoms with Crippen molar-refractivity contribution in [3.05, 3.63) is 0 Å². The van der Waals surface area contributed by atoms with Crippen LogP contribution in [0, 0.1) is 0 Å². The van der Waals surface area contributed by atoms with Gasteiger partial charge in [-0.15, -0.1) is 0 Å². The molecule has 0 heterocycles. The highest BCUT2D eigenvalue weighted by Gasteiger charge is 2.35. The third-order valence-corrected chi connectivity index (χ3v) is 1.59. The van der Waals surface area contributed by atoms with Crippen molar-refractivity contribution in [2.24, 2.45) is 22.9 Å². The van der Waals surface area contributed by atoms with Crippen molar-refractivity contribution in [2.45, 2.75) is 6.16 Å². The molecule has 0 aliphatic carbocycles. The molecule has 0 aromatic heterocycles. The summed E-state index contributed by atoms with van der Waals surface area (Å²) in [6.07, 6.45) is -1.61. The second-order valence-electron chi connectivity index (χ2n) is 3.05. The smallest absolute Gasteiger partial charge is 0.328 e. The van der Waals surface area contributed by atoms with Crippen LogP contribution in [-0.2, 0) is 18.9 Å². The Morgan fingerprint density at radius 3 is 0.941 bits per heavy atom. The maximum absolute atomic E-state index is 5.36. The summed E-state index contributed by atoms with van der Waals surface area (Å²) in [4.78, 5) is 0. The Bertz CT molecular complexity index is 136. The molecule has 0 saturated carbocycles. The van der Waals surface area contributed by atoms with Crippen molar-refractivity contribution in [1.82, 2.24) is 0 Å². The summed E-state index contributed by atoms with van der Waals surface area (Å²) in [6.45, 7) is 2.13. The zero-order valence-electron chi connectivity index (χ0n) is 10.1. The Kier molecular flexibility index (Phi) is 10.6. The third kappa shape index (κ3) is 7.58. The van der Waals surface area contributed by atoms with Gasteiger partial charge in [-0.25, -0.2) is 0 Å². The Hall–Kier alpha value is -0.320. The molecule has 0 aliphatic rings. The summed E-state index contributed by atoms with van der Waals surface area (Å²) in [7, 11) is 0. The molecule has 0 fully saturated rings. The van der Waals surface area contributed by atoms with Crippen molar-refractivity contribution < 1.29 is 18.9 Å². The fraction of sp³-hybridized carbons (Fsp3) is 1.00. The highest BCUT2D eigenvalue weighted by molar-refractivity contribution is 4.48. The van der Waals surface area contributed by atoms with Crippen LogP contribution in [0.5, 0.6) is 0 Å². The van der Waals surface area contributed by atoms with Crippen molar-refractivity contribution in [2.75, 3.05) is 52.6 Å². The van der Waals surface area contributed by atoms with Gasteiger partial charge in [-0.3, -0.25) is 0 Å². The molecule has 0 rings (SSSR count). The third-order valence-electron chi connectivity index (χ3n) is 1.59. The van der Waals surface area contributed by atoms with Crippen LogP contribution in [0.2, 0.25) is 0 Å². The lowest BCUT2D eigenvalue weighted by molar-refractivity contribution is -0.496. The minimum absolute atomic E-state index is 0.222. The van der Waals surface area contributed by atoms with Gasteiger partial charge in [0.15, 0.2) is 0 Å². The SMILES string of the molecule is NCCOC(OCCN)(OCCN)OCCN. The lowest BCUT2D eigenvalue weighted by Crippen LogP contribution is -2.46. The summed E-state index contributed by atoms with van der Waals surface area (Å²) < 4.78 is 21.3. The van der Waals surface area contributed by atoms with Gasteiger partial charge in [0.25, 0.3) is 0 Å². The molecule has 0 spiro atoms. The van der Waals surface area contributed by atoms with Gasteiger partial charge in [0, 0.05) is 26.2 Å². The lowest BCUT2D eigenvalue weighted by atomic mass is 10.7. The van der Waals surface area contributed by atoms with Gasteiger partial charge in [0.1, 0.15) is 0 Å². The molecule has 17 heavy (non-hydrogen) atoms. The number of hydrogen-bond donors (Lipinski definition) is 4. The van der Waals surface area contributed by atoms with Crippen LogP contribution in [0.1, 0.15) is 0 Å². The second-order valence-corrected chi connectivity index (χ2v) is 3.05. The van der Waals surface area contributed by atoms with Gasteiger partial charge >= 0.3 is 6.16 Å². The normalized spacial score (nSPS) is 12.0. The molecule has 8 N–H and O–H groups in total. The fourth-order valence-electron chi connectivity index (χ4n) is 0.986. The van der Waals surface area contributed by atoms with Gasteiger partial charge in [0.2, 0.25) is 0 Å². The highest BCUT2D eigenvalue weighted by atomic mass is 17.0. The number of ether oxygens (including phenoxy) is 4. The predicted molar refractivity (Wildman–Crippen MR) is 62.8 cm³/mol. The maximum Gasteiger partial charge on any atom is 0.412 e. The van der Waals surface area contributed by atoms with Gasteiger partial charge < -0.3 is 41.9 Å². The monoisotopic (exact) mass is 252 g/mol. The molecule has 0 amide bonds. The van der Waals surface area contributed by atoms with E-state index in [1.165, 1.54) is 0 Å². The van der Waals surface area contributed by atoms with Gasteiger partial charge in [-0.05, 0) is 0 Å². The van der Waals surface area contributed by atoms with E-state index in [1.54, 1.807) is 0 Å². The molecular weight excluding hydrogens is 228 g/mol. The summed E-state index contributed by atoms with van der Waals surface area (Å²) >= 11 is 0. The van der Waals surface area contributed by atoms with E-state index in [4.69, 9.17) is 41.9 Å². The quantitative estimate of drug-likeness (QED) is 0.279.